The van der Waals surface area contributed by atoms with Crippen molar-refractivity contribution in [1.82, 2.24) is 0 Å². The molecule has 27 heavy (non-hydrogen) atoms. The van der Waals surface area contributed by atoms with Crippen molar-refractivity contribution < 1.29 is 14.3 Å². The van der Waals surface area contributed by atoms with Crippen molar-refractivity contribution in [3.05, 3.63) is 64.7 Å². The van der Waals surface area contributed by atoms with E-state index in [9.17, 15) is 9.59 Å². The van der Waals surface area contributed by atoms with Gasteiger partial charge in [0.25, 0.3) is 5.91 Å². The van der Waals surface area contributed by atoms with Gasteiger partial charge in [-0.05, 0) is 47.1 Å². The van der Waals surface area contributed by atoms with Gasteiger partial charge in [-0.1, -0.05) is 65.0 Å². The Morgan fingerprint density at radius 2 is 1.67 bits per heavy atom. The van der Waals surface area contributed by atoms with Crippen molar-refractivity contribution in [2.75, 3.05) is 11.9 Å². The topological polar surface area (TPSA) is 55.4 Å². The number of nitrogens with one attached hydrogen (secondary N) is 1. The third-order valence-electron chi connectivity index (χ3n) is 4.51. The Labute approximate surface area is 161 Å². The lowest BCUT2D eigenvalue weighted by atomic mass is 9.87. The van der Waals surface area contributed by atoms with Crippen LogP contribution in [0.25, 0.3) is 0 Å². The first-order valence-electron chi connectivity index (χ1n) is 9.26. The third-order valence-corrected chi connectivity index (χ3v) is 4.51. The summed E-state index contributed by atoms with van der Waals surface area (Å²) in [4.78, 5) is 24.5. The molecule has 0 radical (unpaired) electrons. The van der Waals surface area contributed by atoms with E-state index in [2.05, 4.69) is 39.9 Å². The summed E-state index contributed by atoms with van der Waals surface area (Å²) in [5, 5.41) is 2.88. The highest BCUT2D eigenvalue weighted by Crippen LogP contribution is 2.27. The summed E-state index contributed by atoms with van der Waals surface area (Å²) >= 11 is 0. The van der Waals surface area contributed by atoms with E-state index < -0.39 is 5.97 Å². The van der Waals surface area contributed by atoms with E-state index >= 15 is 0 Å². The van der Waals surface area contributed by atoms with Crippen LogP contribution in [0, 0.1) is 6.92 Å². The molecule has 0 saturated heterocycles. The smallest absolute Gasteiger partial charge is 0.338 e. The SMILES string of the molecule is Cc1cccc(C(C)C)c1NC(=O)COC(=O)c1ccc(C(C)(C)C)cc1. The van der Waals surface area contributed by atoms with Gasteiger partial charge in [0.05, 0.1) is 5.56 Å². The van der Waals surface area contributed by atoms with Crippen molar-refractivity contribution in [1.29, 1.82) is 0 Å². The highest BCUT2D eigenvalue weighted by molar-refractivity contribution is 5.96. The maximum Gasteiger partial charge on any atom is 0.338 e. The summed E-state index contributed by atoms with van der Waals surface area (Å²) in [5.41, 5.74) is 4.44. The first kappa shape index (κ1) is 20.7. The van der Waals surface area contributed by atoms with Gasteiger partial charge in [-0.15, -0.1) is 0 Å². The number of benzene rings is 2. The Morgan fingerprint density at radius 1 is 1.04 bits per heavy atom. The summed E-state index contributed by atoms with van der Waals surface area (Å²) in [6.45, 7) is 12.1. The van der Waals surface area contributed by atoms with Crippen LogP contribution < -0.4 is 5.32 Å². The van der Waals surface area contributed by atoms with Gasteiger partial charge in [0.2, 0.25) is 0 Å². The average molecular weight is 367 g/mol. The first-order chi connectivity index (χ1) is 12.6. The molecule has 1 amide bonds. The molecule has 4 heteroatoms. The second kappa shape index (κ2) is 8.38. The molecule has 0 heterocycles. The number of carbonyl (C=O) groups excluding carboxylic acids is 2. The van der Waals surface area contributed by atoms with Crippen LogP contribution in [0.4, 0.5) is 5.69 Å². The number of aryl methyl sites for hydroxylation is 1. The number of carbonyl (C=O) groups is 2. The molecule has 144 valence electrons. The molecule has 4 nitrogen and oxygen atoms in total. The minimum absolute atomic E-state index is 0.0178. The second-order valence-electron chi connectivity index (χ2n) is 8.15. The standard InChI is InChI=1S/C23H29NO3/c1-15(2)19-9-7-8-16(3)21(19)24-20(25)14-27-22(26)17-10-12-18(13-11-17)23(4,5)6/h7-13,15H,14H2,1-6H3,(H,24,25). The molecular formula is C23H29NO3. The zero-order valence-electron chi connectivity index (χ0n) is 17.1. The van der Waals surface area contributed by atoms with Gasteiger partial charge in [-0.2, -0.15) is 0 Å². The number of ether oxygens (including phenoxy) is 1. The van der Waals surface area contributed by atoms with Gasteiger partial charge >= 0.3 is 5.97 Å². The van der Waals surface area contributed by atoms with Crippen molar-refractivity contribution in [3.8, 4) is 0 Å². The molecule has 0 aromatic heterocycles. The predicted molar refractivity (Wildman–Crippen MR) is 109 cm³/mol. The summed E-state index contributed by atoms with van der Waals surface area (Å²) < 4.78 is 5.18. The van der Waals surface area contributed by atoms with Gasteiger partial charge in [-0.25, -0.2) is 4.79 Å². The van der Waals surface area contributed by atoms with Crippen molar-refractivity contribution in [2.45, 2.75) is 52.9 Å². The van der Waals surface area contributed by atoms with Gasteiger partial charge in [0, 0.05) is 5.69 Å². The number of esters is 1. The van der Waals surface area contributed by atoms with E-state index in [1.165, 1.54) is 0 Å². The van der Waals surface area contributed by atoms with Crippen LogP contribution in [-0.4, -0.2) is 18.5 Å². The minimum atomic E-state index is -0.500. The molecule has 0 aliphatic carbocycles. The van der Waals surface area contributed by atoms with E-state index in [-0.39, 0.29) is 23.8 Å². The van der Waals surface area contributed by atoms with Crippen molar-refractivity contribution in [2.24, 2.45) is 0 Å². The van der Waals surface area contributed by atoms with E-state index in [1.807, 2.05) is 37.3 Å². The molecule has 2 aromatic carbocycles. The zero-order chi connectivity index (χ0) is 20.2. The number of para-hydroxylation sites is 1. The third kappa shape index (κ3) is 5.43. The van der Waals surface area contributed by atoms with Crippen molar-refractivity contribution in [3.63, 3.8) is 0 Å². The van der Waals surface area contributed by atoms with Crippen LogP contribution in [0.3, 0.4) is 0 Å². The minimum Gasteiger partial charge on any atom is -0.452 e. The van der Waals surface area contributed by atoms with Gasteiger partial charge in [0.15, 0.2) is 6.61 Å². The molecule has 0 atom stereocenters. The highest BCUT2D eigenvalue weighted by atomic mass is 16.5. The summed E-state index contributed by atoms with van der Waals surface area (Å²) in [7, 11) is 0. The van der Waals surface area contributed by atoms with E-state index in [4.69, 9.17) is 4.74 Å². The van der Waals surface area contributed by atoms with E-state index in [0.717, 1.165) is 22.4 Å². The van der Waals surface area contributed by atoms with Crippen LogP contribution in [0.1, 0.15) is 67.6 Å². The van der Waals surface area contributed by atoms with Gasteiger partial charge in [0.1, 0.15) is 0 Å². The zero-order valence-corrected chi connectivity index (χ0v) is 17.1. The van der Waals surface area contributed by atoms with Crippen LogP contribution in [-0.2, 0) is 14.9 Å². The molecular weight excluding hydrogens is 338 g/mol. The summed E-state index contributed by atoms with van der Waals surface area (Å²) in [6.07, 6.45) is 0. The van der Waals surface area contributed by atoms with E-state index in [1.54, 1.807) is 12.1 Å². The predicted octanol–water partition coefficient (Wildman–Crippen LogP) is 5.21. The number of hydrogen-bond donors (Lipinski definition) is 1. The first-order valence-corrected chi connectivity index (χ1v) is 9.26. The Morgan fingerprint density at radius 3 is 2.22 bits per heavy atom. The molecule has 0 spiro atoms. The Hall–Kier alpha value is -2.62. The molecule has 0 aliphatic heterocycles. The average Bonchev–Trinajstić information content (AvgIpc) is 2.60. The largest absolute Gasteiger partial charge is 0.452 e. The maximum atomic E-state index is 12.3. The maximum absolute atomic E-state index is 12.3. The fourth-order valence-electron chi connectivity index (χ4n) is 2.84. The summed E-state index contributed by atoms with van der Waals surface area (Å²) in [6, 6.07) is 13.2. The molecule has 0 fully saturated rings. The Balaban J connectivity index is 1.99. The van der Waals surface area contributed by atoms with Gasteiger partial charge < -0.3 is 10.1 Å². The Bertz CT molecular complexity index is 815. The van der Waals surface area contributed by atoms with Gasteiger partial charge in [-0.3, -0.25) is 4.79 Å². The van der Waals surface area contributed by atoms with Crippen LogP contribution in [0.5, 0.6) is 0 Å². The quantitative estimate of drug-likeness (QED) is 0.738. The lowest BCUT2D eigenvalue weighted by molar-refractivity contribution is -0.119. The highest BCUT2D eigenvalue weighted by Gasteiger charge is 2.16. The number of rotatable bonds is 5. The normalized spacial score (nSPS) is 11.4. The second-order valence-corrected chi connectivity index (χ2v) is 8.15. The number of anilines is 1. The van der Waals surface area contributed by atoms with Crippen LogP contribution in [0.2, 0.25) is 0 Å². The fraction of sp³-hybridized carbons (Fsp3) is 0.391. The monoisotopic (exact) mass is 367 g/mol. The van der Waals surface area contributed by atoms with Crippen LogP contribution >= 0.6 is 0 Å². The molecule has 0 saturated carbocycles. The van der Waals surface area contributed by atoms with Crippen LogP contribution in [0.15, 0.2) is 42.5 Å². The Kier molecular flexibility index (Phi) is 6.42. The summed E-state index contributed by atoms with van der Waals surface area (Å²) in [5.74, 6) is -0.561. The number of hydrogen-bond acceptors (Lipinski definition) is 3. The lowest BCUT2D eigenvalue weighted by Crippen LogP contribution is -2.22. The fourth-order valence-corrected chi connectivity index (χ4v) is 2.84. The molecule has 2 aromatic rings. The molecule has 0 aliphatic rings. The van der Waals surface area contributed by atoms with E-state index in [0.29, 0.717) is 5.56 Å². The molecule has 0 bridgehead atoms. The molecule has 1 N–H and O–H groups in total. The van der Waals surface area contributed by atoms with Crippen molar-refractivity contribution >= 4 is 17.6 Å². The lowest BCUT2D eigenvalue weighted by Gasteiger charge is -2.19. The molecule has 0 unspecified atom stereocenters. The number of amides is 1. The molecule has 2 rings (SSSR count).